The van der Waals surface area contributed by atoms with Gasteiger partial charge in [-0.25, -0.2) is 4.79 Å². The van der Waals surface area contributed by atoms with Crippen molar-refractivity contribution in [2.24, 2.45) is 0 Å². The highest BCUT2D eigenvalue weighted by atomic mass is 16.5. The van der Waals surface area contributed by atoms with Crippen LogP contribution in [0.1, 0.15) is 27.3 Å². The van der Waals surface area contributed by atoms with Crippen molar-refractivity contribution in [3.05, 3.63) is 81.4 Å². The monoisotopic (exact) mass is 394 g/mol. The number of esters is 1. The molecule has 0 bridgehead atoms. The molecule has 0 aliphatic heterocycles. The maximum atomic E-state index is 12.8. The Morgan fingerprint density at radius 2 is 1.86 bits per heavy atom. The average Bonchev–Trinajstić information content (AvgIpc) is 2.72. The summed E-state index contributed by atoms with van der Waals surface area (Å²) in [6.45, 7) is 3.82. The number of hydrogen-bond donors (Lipinski definition) is 0. The second-order valence-electron chi connectivity index (χ2n) is 6.45. The van der Waals surface area contributed by atoms with Crippen molar-refractivity contribution in [3.8, 4) is 17.3 Å². The van der Waals surface area contributed by atoms with Crippen LogP contribution in [0.3, 0.4) is 0 Å². The highest BCUT2D eigenvalue weighted by Gasteiger charge is 2.14. The largest absolute Gasteiger partial charge is 0.497 e. The van der Waals surface area contributed by atoms with Crippen LogP contribution in [0.4, 0.5) is 0 Å². The smallest absolute Gasteiger partial charge is 0.337 e. The molecule has 2 aromatic carbocycles. The van der Waals surface area contributed by atoms with Crippen molar-refractivity contribution in [1.82, 2.24) is 9.55 Å². The third kappa shape index (κ3) is 4.45. The first-order valence-corrected chi connectivity index (χ1v) is 8.98. The van der Waals surface area contributed by atoms with Crippen LogP contribution in [-0.2, 0) is 11.3 Å². The fourth-order valence-electron chi connectivity index (χ4n) is 2.95. The Balaban J connectivity index is 1.90. The number of rotatable bonds is 6. The molecule has 0 atom stereocenters. The van der Waals surface area contributed by atoms with Gasteiger partial charge in [0, 0.05) is 0 Å². The van der Waals surface area contributed by atoms with Gasteiger partial charge in [-0.2, -0.15) is 4.98 Å². The highest BCUT2D eigenvalue weighted by molar-refractivity contribution is 5.90. The van der Waals surface area contributed by atoms with Crippen molar-refractivity contribution in [2.45, 2.75) is 20.5 Å². The molecule has 7 nitrogen and oxygen atoms in total. The summed E-state index contributed by atoms with van der Waals surface area (Å²) in [6, 6.07) is 13.8. The van der Waals surface area contributed by atoms with Gasteiger partial charge in [0.05, 0.1) is 31.5 Å². The Morgan fingerprint density at radius 1 is 1.07 bits per heavy atom. The number of carbonyl (C=O) groups excluding carboxylic acids is 1. The lowest BCUT2D eigenvalue weighted by Gasteiger charge is -2.14. The van der Waals surface area contributed by atoms with Gasteiger partial charge in [-0.1, -0.05) is 18.2 Å². The summed E-state index contributed by atoms with van der Waals surface area (Å²) >= 11 is 0. The summed E-state index contributed by atoms with van der Waals surface area (Å²) < 4.78 is 17.1. The molecule has 0 saturated heterocycles. The standard InChI is InChI=1S/C22H22N2O5/c1-14-8-9-17(22(26)28-4)11-19(14)24-15(2)23-20(12-21(24)25)29-13-16-6-5-7-18(10-16)27-3/h5-12H,13H2,1-4H3. The van der Waals surface area contributed by atoms with Crippen LogP contribution in [0.5, 0.6) is 11.6 Å². The molecule has 0 unspecified atom stereocenters. The molecule has 0 aliphatic carbocycles. The van der Waals surface area contributed by atoms with Crippen molar-refractivity contribution in [1.29, 1.82) is 0 Å². The summed E-state index contributed by atoms with van der Waals surface area (Å²) in [4.78, 5) is 29.0. The van der Waals surface area contributed by atoms with Gasteiger partial charge in [-0.3, -0.25) is 9.36 Å². The first kappa shape index (κ1) is 20.1. The lowest BCUT2D eigenvalue weighted by Crippen LogP contribution is -2.23. The lowest BCUT2D eigenvalue weighted by atomic mass is 10.1. The molecule has 0 saturated carbocycles. The van der Waals surface area contributed by atoms with Crippen LogP contribution >= 0.6 is 0 Å². The first-order valence-electron chi connectivity index (χ1n) is 8.98. The van der Waals surface area contributed by atoms with Crippen molar-refractivity contribution >= 4 is 5.97 Å². The molecule has 29 heavy (non-hydrogen) atoms. The van der Waals surface area contributed by atoms with Crippen molar-refractivity contribution < 1.29 is 19.0 Å². The Bertz CT molecular complexity index is 1100. The zero-order chi connectivity index (χ0) is 21.0. The Kier molecular flexibility index (Phi) is 5.97. The number of aryl methyl sites for hydroxylation is 2. The minimum Gasteiger partial charge on any atom is -0.497 e. The Morgan fingerprint density at radius 3 is 2.55 bits per heavy atom. The molecule has 150 valence electrons. The van der Waals surface area contributed by atoms with Crippen LogP contribution in [-0.4, -0.2) is 29.7 Å². The quantitative estimate of drug-likeness (QED) is 0.597. The zero-order valence-electron chi connectivity index (χ0n) is 16.8. The minimum absolute atomic E-state index is 0.230. The molecule has 0 radical (unpaired) electrons. The number of hydrogen-bond acceptors (Lipinski definition) is 6. The van der Waals surface area contributed by atoms with E-state index in [1.165, 1.54) is 17.7 Å². The van der Waals surface area contributed by atoms with Gasteiger partial charge in [0.25, 0.3) is 5.56 Å². The van der Waals surface area contributed by atoms with Crippen LogP contribution in [0, 0.1) is 13.8 Å². The van der Waals surface area contributed by atoms with Gasteiger partial charge in [0.1, 0.15) is 18.2 Å². The fourth-order valence-corrected chi connectivity index (χ4v) is 2.95. The van der Waals surface area contributed by atoms with Gasteiger partial charge in [0.2, 0.25) is 5.88 Å². The number of methoxy groups -OCH3 is 2. The van der Waals surface area contributed by atoms with Crippen molar-refractivity contribution in [3.63, 3.8) is 0 Å². The van der Waals surface area contributed by atoms with E-state index in [0.717, 1.165) is 16.9 Å². The van der Waals surface area contributed by atoms with Gasteiger partial charge in [-0.05, 0) is 49.2 Å². The molecule has 3 aromatic rings. The predicted octanol–water partition coefficient (Wildman–Crippen LogP) is 3.22. The summed E-state index contributed by atoms with van der Waals surface area (Å²) in [6.07, 6.45) is 0. The van der Waals surface area contributed by atoms with E-state index in [-0.39, 0.29) is 18.0 Å². The first-order chi connectivity index (χ1) is 13.9. The zero-order valence-corrected chi connectivity index (χ0v) is 16.8. The number of aromatic nitrogens is 2. The van der Waals surface area contributed by atoms with E-state index in [0.29, 0.717) is 17.1 Å². The molecule has 0 N–H and O–H groups in total. The maximum absolute atomic E-state index is 12.8. The molecular formula is C22H22N2O5. The average molecular weight is 394 g/mol. The van der Waals surface area contributed by atoms with Crippen molar-refractivity contribution in [2.75, 3.05) is 14.2 Å². The second kappa shape index (κ2) is 8.60. The van der Waals surface area contributed by atoms with E-state index in [4.69, 9.17) is 14.2 Å². The van der Waals surface area contributed by atoms with E-state index in [2.05, 4.69) is 4.98 Å². The molecule has 0 spiro atoms. The van der Waals surface area contributed by atoms with Gasteiger partial charge in [-0.15, -0.1) is 0 Å². The topological polar surface area (TPSA) is 79.7 Å². The van der Waals surface area contributed by atoms with E-state index < -0.39 is 5.97 Å². The highest BCUT2D eigenvalue weighted by Crippen LogP contribution is 2.19. The number of ether oxygens (including phenoxy) is 3. The van der Waals surface area contributed by atoms with E-state index in [1.54, 1.807) is 32.2 Å². The molecule has 1 aromatic heterocycles. The molecule has 0 amide bonds. The van der Waals surface area contributed by atoms with Gasteiger partial charge in [0.15, 0.2) is 0 Å². The van der Waals surface area contributed by atoms with Crippen LogP contribution in [0.25, 0.3) is 5.69 Å². The Labute approximate surface area is 168 Å². The van der Waals surface area contributed by atoms with Crippen LogP contribution in [0.2, 0.25) is 0 Å². The minimum atomic E-state index is -0.469. The molecule has 7 heteroatoms. The summed E-state index contributed by atoms with van der Waals surface area (Å²) in [5.41, 5.74) is 2.35. The van der Waals surface area contributed by atoms with E-state index in [1.807, 2.05) is 31.2 Å². The third-order valence-corrected chi connectivity index (χ3v) is 4.45. The third-order valence-electron chi connectivity index (χ3n) is 4.45. The van der Waals surface area contributed by atoms with E-state index in [9.17, 15) is 9.59 Å². The fraction of sp³-hybridized carbons (Fsp3) is 0.227. The molecule has 0 fully saturated rings. The molecule has 0 aliphatic rings. The molecular weight excluding hydrogens is 372 g/mol. The summed E-state index contributed by atoms with van der Waals surface area (Å²) in [5.74, 6) is 0.936. The number of nitrogens with zero attached hydrogens (tertiary/aromatic N) is 2. The number of benzene rings is 2. The second-order valence-corrected chi connectivity index (χ2v) is 6.45. The van der Waals surface area contributed by atoms with Crippen LogP contribution in [0.15, 0.2) is 53.3 Å². The van der Waals surface area contributed by atoms with Crippen LogP contribution < -0.4 is 15.0 Å². The van der Waals surface area contributed by atoms with Gasteiger partial charge < -0.3 is 14.2 Å². The maximum Gasteiger partial charge on any atom is 0.337 e. The Hall–Kier alpha value is -3.61. The lowest BCUT2D eigenvalue weighted by molar-refractivity contribution is 0.0600. The molecule has 3 rings (SSSR count). The molecule has 1 heterocycles. The normalized spacial score (nSPS) is 10.5. The van der Waals surface area contributed by atoms with E-state index >= 15 is 0 Å². The predicted molar refractivity (Wildman–Crippen MR) is 108 cm³/mol. The number of carbonyl (C=O) groups is 1. The van der Waals surface area contributed by atoms with Gasteiger partial charge >= 0.3 is 5.97 Å². The SMILES string of the molecule is COC(=O)c1ccc(C)c(-n2c(C)nc(OCc3cccc(OC)c3)cc2=O)c1. The summed E-state index contributed by atoms with van der Waals surface area (Å²) in [7, 11) is 2.91. The summed E-state index contributed by atoms with van der Waals surface area (Å²) in [5, 5.41) is 0.